The molecule has 6 nitrogen and oxygen atoms in total. The summed E-state index contributed by atoms with van der Waals surface area (Å²) < 4.78 is 22.1. The van der Waals surface area contributed by atoms with Crippen LogP contribution in [0.3, 0.4) is 0 Å². The number of ether oxygens (including phenoxy) is 4. The van der Waals surface area contributed by atoms with E-state index in [1.165, 1.54) is 0 Å². The molecular weight excluding hydrogens is 358 g/mol. The van der Waals surface area contributed by atoms with Crippen LogP contribution in [0.5, 0.6) is 23.0 Å². The predicted molar refractivity (Wildman–Crippen MR) is 109 cm³/mol. The number of carbonyl (C=O) groups excluding carboxylic acids is 1. The predicted octanol–water partition coefficient (Wildman–Crippen LogP) is 3.62. The second-order valence-corrected chi connectivity index (χ2v) is 6.13. The van der Waals surface area contributed by atoms with Crippen LogP contribution in [0.1, 0.15) is 26.3 Å². The average molecular weight is 387 g/mol. The molecule has 0 aliphatic rings. The second kappa shape index (κ2) is 11.1. The Morgan fingerprint density at radius 1 is 1.00 bits per heavy atom. The second-order valence-electron chi connectivity index (χ2n) is 6.13. The molecule has 2 aromatic carbocycles. The maximum absolute atomic E-state index is 12.3. The van der Waals surface area contributed by atoms with Crippen LogP contribution in [0, 0.1) is 0 Å². The zero-order valence-corrected chi connectivity index (χ0v) is 17.0. The van der Waals surface area contributed by atoms with E-state index in [2.05, 4.69) is 5.32 Å². The Hall–Kier alpha value is -2.89. The van der Waals surface area contributed by atoms with Gasteiger partial charge < -0.3 is 24.3 Å². The van der Waals surface area contributed by atoms with Crippen LogP contribution in [0.4, 0.5) is 0 Å². The smallest absolute Gasteiger partial charge is 0.260 e. The van der Waals surface area contributed by atoms with Crippen LogP contribution < -0.4 is 24.3 Å². The molecular formula is C22H29NO5. The highest BCUT2D eigenvalue weighted by molar-refractivity contribution is 5.80. The highest BCUT2D eigenvalue weighted by atomic mass is 16.5. The van der Waals surface area contributed by atoms with Crippen molar-refractivity contribution in [1.82, 2.24) is 5.32 Å². The van der Waals surface area contributed by atoms with E-state index < -0.39 is 6.10 Å². The van der Waals surface area contributed by atoms with Crippen molar-refractivity contribution in [2.24, 2.45) is 0 Å². The SMILES string of the molecule is CCOc1ccc(CCNC(=O)C(C)Oc2cccc(OC)c2)cc1OCC. The lowest BCUT2D eigenvalue weighted by Crippen LogP contribution is -2.37. The first-order valence-corrected chi connectivity index (χ1v) is 9.54. The summed E-state index contributed by atoms with van der Waals surface area (Å²) in [5, 5.41) is 2.90. The molecule has 1 amide bonds. The molecule has 28 heavy (non-hydrogen) atoms. The van der Waals surface area contributed by atoms with Crippen LogP contribution in [0.25, 0.3) is 0 Å². The van der Waals surface area contributed by atoms with E-state index in [-0.39, 0.29) is 5.91 Å². The Kier molecular flexibility index (Phi) is 8.46. The highest BCUT2D eigenvalue weighted by Gasteiger charge is 2.14. The van der Waals surface area contributed by atoms with E-state index in [1.807, 2.05) is 44.2 Å². The number of methoxy groups -OCH3 is 1. The Bertz CT molecular complexity index is 762. The van der Waals surface area contributed by atoms with E-state index in [0.29, 0.717) is 37.7 Å². The maximum Gasteiger partial charge on any atom is 0.260 e. The fraction of sp³-hybridized carbons (Fsp3) is 0.409. The Balaban J connectivity index is 1.86. The minimum absolute atomic E-state index is 0.168. The summed E-state index contributed by atoms with van der Waals surface area (Å²) in [6.07, 6.45) is 0.0795. The van der Waals surface area contributed by atoms with E-state index in [9.17, 15) is 4.79 Å². The minimum Gasteiger partial charge on any atom is -0.497 e. The van der Waals surface area contributed by atoms with Crippen molar-refractivity contribution in [2.75, 3.05) is 26.9 Å². The molecule has 0 saturated carbocycles. The normalized spacial score (nSPS) is 11.4. The number of amides is 1. The number of hydrogen-bond acceptors (Lipinski definition) is 5. The Morgan fingerprint density at radius 3 is 2.43 bits per heavy atom. The van der Waals surface area contributed by atoms with E-state index >= 15 is 0 Å². The molecule has 0 spiro atoms. The summed E-state index contributed by atoms with van der Waals surface area (Å²) in [6, 6.07) is 13.0. The number of benzene rings is 2. The first kappa shape index (κ1) is 21.4. The fourth-order valence-electron chi connectivity index (χ4n) is 2.66. The van der Waals surface area contributed by atoms with Crippen molar-refractivity contribution in [3.05, 3.63) is 48.0 Å². The average Bonchev–Trinajstić information content (AvgIpc) is 2.70. The Labute approximate surface area is 166 Å². The van der Waals surface area contributed by atoms with Crippen molar-refractivity contribution < 1.29 is 23.7 Å². The highest BCUT2D eigenvalue weighted by Crippen LogP contribution is 2.28. The molecule has 1 atom stereocenters. The molecule has 0 aliphatic carbocycles. The van der Waals surface area contributed by atoms with Crippen molar-refractivity contribution in [3.63, 3.8) is 0 Å². The van der Waals surface area contributed by atoms with Gasteiger partial charge in [0.1, 0.15) is 11.5 Å². The van der Waals surface area contributed by atoms with Crippen LogP contribution in [0.15, 0.2) is 42.5 Å². The van der Waals surface area contributed by atoms with Gasteiger partial charge in [0, 0.05) is 12.6 Å². The monoisotopic (exact) mass is 387 g/mol. The van der Waals surface area contributed by atoms with Crippen LogP contribution in [-0.4, -0.2) is 38.9 Å². The van der Waals surface area contributed by atoms with Crippen molar-refractivity contribution in [1.29, 1.82) is 0 Å². The number of rotatable bonds is 11. The molecule has 0 aromatic heterocycles. The lowest BCUT2D eigenvalue weighted by molar-refractivity contribution is -0.127. The molecule has 6 heteroatoms. The van der Waals surface area contributed by atoms with Gasteiger partial charge in [0.05, 0.1) is 20.3 Å². The quantitative estimate of drug-likeness (QED) is 0.638. The first-order valence-electron chi connectivity index (χ1n) is 9.54. The van der Waals surface area contributed by atoms with Gasteiger partial charge in [0.2, 0.25) is 0 Å². The van der Waals surface area contributed by atoms with Crippen LogP contribution in [-0.2, 0) is 11.2 Å². The van der Waals surface area contributed by atoms with Crippen molar-refractivity contribution >= 4 is 5.91 Å². The van der Waals surface area contributed by atoms with Gasteiger partial charge in [-0.25, -0.2) is 0 Å². The van der Waals surface area contributed by atoms with Gasteiger partial charge in [0.25, 0.3) is 5.91 Å². The summed E-state index contributed by atoms with van der Waals surface area (Å²) in [4.78, 5) is 12.3. The molecule has 0 aliphatic heterocycles. The zero-order chi connectivity index (χ0) is 20.4. The van der Waals surface area contributed by atoms with Crippen LogP contribution >= 0.6 is 0 Å². The summed E-state index contributed by atoms with van der Waals surface area (Å²) in [7, 11) is 1.59. The van der Waals surface area contributed by atoms with Gasteiger partial charge in [-0.2, -0.15) is 0 Å². The van der Waals surface area contributed by atoms with Crippen molar-refractivity contribution in [2.45, 2.75) is 33.3 Å². The zero-order valence-electron chi connectivity index (χ0n) is 17.0. The molecule has 0 fully saturated rings. The van der Waals surface area contributed by atoms with Gasteiger partial charge in [0.15, 0.2) is 17.6 Å². The molecule has 0 radical (unpaired) electrons. The molecule has 1 N–H and O–H groups in total. The third-order valence-electron chi connectivity index (χ3n) is 4.04. The lowest BCUT2D eigenvalue weighted by Gasteiger charge is -2.16. The topological polar surface area (TPSA) is 66.0 Å². The van der Waals surface area contributed by atoms with E-state index in [1.54, 1.807) is 26.2 Å². The lowest BCUT2D eigenvalue weighted by atomic mass is 10.1. The minimum atomic E-state index is -0.605. The molecule has 2 rings (SSSR count). The number of carbonyl (C=O) groups is 1. The summed E-state index contributed by atoms with van der Waals surface area (Å²) in [6.45, 7) is 7.25. The van der Waals surface area contributed by atoms with Crippen molar-refractivity contribution in [3.8, 4) is 23.0 Å². The van der Waals surface area contributed by atoms with Gasteiger partial charge in [-0.1, -0.05) is 12.1 Å². The summed E-state index contributed by atoms with van der Waals surface area (Å²) in [5.74, 6) is 2.57. The standard InChI is InChI=1S/C22H29NO5/c1-5-26-20-11-10-17(14-21(20)27-6-2)12-13-23-22(24)16(3)28-19-9-7-8-18(15-19)25-4/h7-11,14-16H,5-6,12-13H2,1-4H3,(H,23,24). The summed E-state index contributed by atoms with van der Waals surface area (Å²) >= 11 is 0. The van der Waals surface area contributed by atoms with Gasteiger partial charge in [-0.15, -0.1) is 0 Å². The molecule has 2 aromatic rings. The van der Waals surface area contributed by atoms with Gasteiger partial charge >= 0.3 is 0 Å². The van der Waals surface area contributed by atoms with E-state index in [4.69, 9.17) is 18.9 Å². The summed E-state index contributed by atoms with van der Waals surface area (Å²) in [5.41, 5.74) is 1.06. The molecule has 152 valence electrons. The maximum atomic E-state index is 12.3. The molecule has 0 saturated heterocycles. The number of nitrogens with one attached hydrogen (secondary N) is 1. The third-order valence-corrected chi connectivity index (χ3v) is 4.04. The fourth-order valence-corrected chi connectivity index (χ4v) is 2.66. The van der Waals surface area contributed by atoms with Gasteiger partial charge in [-0.05, 0) is 57.0 Å². The van der Waals surface area contributed by atoms with Gasteiger partial charge in [-0.3, -0.25) is 4.79 Å². The Morgan fingerprint density at radius 2 is 1.71 bits per heavy atom. The molecule has 0 bridgehead atoms. The first-order chi connectivity index (χ1) is 13.6. The largest absolute Gasteiger partial charge is 0.497 e. The molecule has 0 heterocycles. The molecule has 1 unspecified atom stereocenters. The number of hydrogen-bond donors (Lipinski definition) is 1. The van der Waals surface area contributed by atoms with E-state index in [0.717, 1.165) is 17.1 Å². The third kappa shape index (κ3) is 6.37. The van der Waals surface area contributed by atoms with Crippen LogP contribution in [0.2, 0.25) is 0 Å².